The van der Waals surface area contributed by atoms with Crippen LogP contribution in [-0.2, 0) is 23.8 Å². The van der Waals surface area contributed by atoms with Gasteiger partial charge in [0.15, 0.2) is 12.4 Å². The molecule has 6 N–H and O–H groups in total. The molecule has 11 nitrogen and oxygen atoms in total. The first kappa shape index (κ1) is 80.6. The minimum atomic E-state index is -1.63. The fraction of sp³-hybridized carbons (Fsp3) is 0.658. The lowest BCUT2D eigenvalue weighted by Crippen LogP contribution is -2.61. The van der Waals surface area contributed by atoms with Gasteiger partial charge in [0.2, 0.25) is 5.91 Å². The highest BCUT2D eigenvalue weighted by Gasteiger charge is 2.47. The Morgan fingerprint density at radius 1 is 0.460 bits per heavy atom. The van der Waals surface area contributed by atoms with Crippen LogP contribution in [0.1, 0.15) is 258 Å². The third kappa shape index (κ3) is 49.1. The van der Waals surface area contributed by atoms with Gasteiger partial charge in [-0.3, -0.25) is 9.59 Å². The number of esters is 1. The third-order valence-electron chi connectivity index (χ3n) is 15.2. The Bertz CT molecular complexity index is 1980. The van der Waals surface area contributed by atoms with Gasteiger partial charge in [0.25, 0.3) is 0 Å². The number of rotatable bonds is 57. The van der Waals surface area contributed by atoms with Gasteiger partial charge >= 0.3 is 5.97 Å². The Morgan fingerprint density at radius 2 is 0.828 bits per heavy atom. The molecule has 0 aliphatic carbocycles. The van der Waals surface area contributed by atoms with E-state index in [4.69, 9.17) is 14.2 Å². The Balaban J connectivity index is 2.61. The van der Waals surface area contributed by atoms with Crippen molar-refractivity contribution in [1.82, 2.24) is 5.32 Å². The Morgan fingerprint density at radius 3 is 1.24 bits per heavy atom. The standard InChI is InChI=1S/C76H125NO10/c1-4-7-10-13-16-19-22-24-26-28-30-32-34-36-37-39-41-43-45-48-51-54-57-60-63-69(80)75(84)77-67(68(79)62-59-56-53-50-47-21-18-15-12-9-6-3)66-85-76-74(73(83)72(82)70(65-78)86-76)87-71(81)64-61-58-55-52-49-46-44-42-40-38-35-33-31-29-27-25-23-20-17-14-11-8-5-2/h7-8,10-11,16-17,19-20,24-27,30-33,36-38,40-41,43,59,62,67-70,72-74,76,78-80,82-83H,4-6,9,12-15,18,21-23,28-29,34-35,39,42,44-58,60-61,63-66H2,1-3H3,(H,77,84)/b10-7-,11-8-,19-16-,20-17-,26-24-,27-25-,32-30-,33-31-,37-36-,40-38-,43-41-,62-59+. The smallest absolute Gasteiger partial charge is 0.306 e. The largest absolute Gasteiger partial charge is 0.454 e. The summed E-state index contributed by atoms with van der Waals surface area (Å²) >= 11 is 0. The Kier molecular flexibility index (Phi) is 57.2. The summed E-state index contributed by atoms with van der Waals surface area (Å²) in [6.45, 7) is 5.54. The zero-order chi connectivity index (χ0) is 63.1. The molecule has 0 aromatic carbocycles. The monoisotopic (exact) mass is 1210 g/mol. The van der Waals surface area contributed by atoms with E-state index in [9.17, 15) is 35.1 Å². The molecule has 8 unspecified atom stereocenters. The Labute approximate surface area is 530 Å². The summed E-state index contributed by atoms with van der Waals surface area (Å²) in [5, 5.41) is 57.2. The number of aliphatic hydroxyl groups excluding tert-OH is 5. The second kappa shape index (κ2) is 61.8. The van der Waals surface area contributed by atoms with Crippen molar-refractivity contribution in [3.63, 3.8) is 0 Å². The van der Waals surface area contributed by atoms with Crippen molar-refractivity contribution in [2.45, 2.75) is 307 Å². The summed E-state index contributed by atoms with van der Waals surface area (Å²) in [7, 11) is 0. The lowest BCUT2D eigenvalue weighted by Gasteiger charge is -2.41. The molecule has 0 saturated carbocycles. The molecule has 1 heterocycles. The second-order valence-corrected chi connectivity index (χ2v) is 23.1. The van der Waals surface area contributed by atoms with Crippen molar-refractivity contribution < 1.29 is 49.3 Å². The van der Waals surface area contributed by atoms with Gasteiger partial charge in [-0.25, -0.2) is 0 Å². The van der Waals surface area contributed by atoms with E-state index in [1.165, 1.54) is 38.5 Å². The number of ether oxygens (including phenoxy) is 3. The van der Waals surface area contributed by atoms with Crippen molar-refractivity contribution in [2.24, 2.45) is 0 Å². The molecule has 1 fully saturated rings. The zero-order valence-electron chi connectivity index (χ0n) is 54.8. The van der Waals surface area contributed by atoms with Crippen LogP contribution >= 0.6 is 0 Å². The number of aliphatic hydroxyl groups is 5. The summed E-state index contributed by atoms with van der Waals surface area (Å²) in [5.41, 5.74) is 0. The van der Waals surface area contributed by atoms with Crippen LogP contribution in [-0.4, -0.2) is 99.6 Å². The van der Waals surface area contributed by atoms with E-state index in [1.807, 2.05) is 6.08 Å². The molecule has 1 aliphatic heterocycles. The first-order valence-electron chi connectivity index (χ1n) is 34.6. The zero-order valence-corrected chi connectivity index (χ0v) is 54.8. The normalized spacial score (nSPS) is 19.2. The molecule has 1 amide bonds. The molecule has 0 bridgehead atoms. The molecule has 11 heteroatoms. The molecule has 494 valence electrons. The highest BCUT2D eigenvalue weighted by molar-refractivity contribution is 5.80. The summed E-state index contributed by atoms with van der Waals surface area (Å²) in [6.07, 6.45) is 78.8. The molecule has 0 aromatic rings. The fourth-order valence-corrected chi connectivity index (χ4v) is 9.86. The van der Waals surface area contributed by atoms with Crippen LogP contribution < -0.4 is 5.32 Å². The van der Waals surface area contributed by atoms with Gasteiger partial charge < -0.3 is 45.1 Å². The van der Waals surface area contributed by atoms with Gasteiger partial charge in [-0.15, -0.1) is 0 Å². The Hall–Kier alpha value is -4.46. The van der Waals surface area contributed by atoms with E-state index in [2.05, 4.69) is 160 Å². The number of carbonyl (C=O) groups excluding carboxylic acids is 2. The van der Waals surface area contributed by atoms with Crippen molar-refractivity contribution >= 4 is 11.9 Å². The topological polar surface area (TPSA) is 175 Å². The molecular weight excluding hydrogens is 1090 g/mol. The molecular formula is C76H125NO10. The second-order valence-electron chi connectivity index (χ2n) is 23.1. The third-order valence-corrected chi connectivity index (χ3v) is 15.2. The van der Waals surface area contributed by atoms with E-state index in [-0.39, 0.29) is 19.4 Å². The number of hydrogen-bond donors (Lipinski definition) is 6. The van der Waals surface area contributed by atoms with Crippen LogP contribution in [0.3, 0.4) is 0 Å². The van der Waals surface area contributed by atoms with Gasteiger partial charge in [-0.1, -0.05) is 276 Å². The van der Waals surface area contributed by atoms with E-state index < -0.39 is 67.4 Å². The summed E-state index contributed by atoms with van der Waals surface area (Å²) in [4.78, 5) is 26.7. The van der Waals surface area contributed by atoms with Gasteiger partial charge in [0, 0.05) is 6.42 Å². The summed E-state index contributed by atoms with van der Waals surface area (Å²) in [5.74, 6) is -1.23. The van der Waals surface area contributed by atoms with Crippen LogP contribution in [0, 0.1) is 0 Å². The average molecular weight is 1210 g/mol. The molecule has 0 aromatic heterocycles. The van der Waals surface area contributed by atoms with E-state index >= 15 is 0 Å². The summed E-state index contributed by atoms with van der Waals surface area (Å²) in [6, 6.07) is -1.05. The predicted octanol–water partition coefficient (Wildman–Crippen LogP) is 17.7. The van der Waals surface area contributed by atoms with Crippen molar-refractivity contribution in [3.8, 4) is 0 Å². The predicted molar refractivity (Wildman–Crippen MR) is 365 cm³/mol. The lowest BCUT2D eigenvalue weighted by molar-refractivity contribution is -0.305. The van der Waals surface area contributed by atoms with E-state index in [1.54, 1.807) is 6.08 Å². The van der Waals surface area contributed by atoms with Gasteiger partial charge in [-0.2, -0.15) is 0 Å². The minimum Gasteiger partial charge on any atom is -0.454 e. The SMILES string of the molecule is CC/C=C\C/C=C\C/C=C\C/C=C\C/C=C\C/C=C\CCCCCCCC(O)C(=O)NC(COC1OC(CO)C(O)C(O)C1OC(=O)CCCCCCCCC/C=C\C/C=C\C/C=C\C/C=C\C/C=C\CC)C(O)/C=C/CCCCCCCCCCC. The number of allylic oxidation sites excluding steroid dienone is 23. The van der Waals surface area contributed by atoms with Gasteiger partial charge in [0.1, 0.15) is 24.4 Å². The highest BCUT2D eigenvalue weighted by Crippen LogP contribution is 2.26. The van der Waals surface area contributed by atoms with Crippen LogP contribution in [0.4, 0.5) is 0 Å². The molecule has 1 saturated heterocycles. The number of unbranched alkanes of at least 4 members (excludes halogenated alkanes) is 21. The molecule has 1 aliphatic rings. The van der Waals surface area contributed by atoms with Crippen molar-refractivity contribution in [3.05, 3.63) is 146 Å². The van der Waals surface area contributed by atoms with Crippen LogP contribution in [0.15, 0.2) is 146 Å². The fourth-order valence-electron chi connectivity index (χ4n) is 9.86. The van der Waals surface area contributed by atoms with Crippen molar-refractivity contribution in [2.75, 3.05) is 13.2 Å². The first-order valence-corrected chi connectivity index (χ1v) is 34.6. The molecule has 1 rings (SSSR count). The lowest BCUT2D eigenvalue weighted by atomic mass is 9.99. The van der Waals surface area contributed by atoms with Crippen molar-refractivity contribution in [1.29, 1.82) is 0 Å². The minimum absolute atomic E-state index is 0.100. The molecule has 8 atom stereocenters. The van der Waals surface area contributed by atoms with Crippen LogP contribution in [0.5, 0.6) is 0 Å². The summed E-state index contributed by atoms with van der Waals surface area (Å²) < 4.78 is 17.7. The number of carbonyl (C=O) groups is 2. The van der Waals surface area contributed by atoms with Gasteiger partial charge in [0.05, 0.1) is 25.4 Å². The highest BCUT2D eigenvalue weighted by atomic mass is 16.7. The molecule has 87 heavy (non-hydrogen) atoms. The van der Waals surface area contributed by atoms with E-state index in [0.717, 1.165) is 173 Å². The number of amides is 1. The molecule has 0 radical (unpaired) electrons. The number of nitrogens with one attached hydrogen (secondary N) is 1. The maximum Gasteiger partial charge on any atom is 0.306 e. The van der Waals surface area contributed by atoms with Gasteiger partial charge in [-0.05, 0) is 122 Å². The molecule has 0 spiro atoms. The maximum absolute atomic E-state index is 13.5. The number of hydrogen-bond acceptors (Lipinski definition) is 10. The van der Waals surface area contributed by atoms with E-state index in [0.29, 0.717) is 12.8 Å². The maximum atomic E-state index is 13.5. The first-order chi connectivity index (χ1) is 42.7. The quantitative estimate of drug-likeness (QED) is 0.0195. The van der Waals surface area contributed by atoms with Crippen LogP contribution in [0.25, 0.3) is 0 Å². The average Bonchev–Trinajstić information content (AvgIpc) is 1.30. The van der Waals surface area contributed by atoms with Crippen LogP contribution in [0.2, 0.25) is 0 Å².